The van der Waals surface area contributed by atoms with Crippen molar-refractivity contribution in [1.29, 1.82) is 0 Å². The first-order valence-corrected chi connectivity index (χ1v) is 7.03. The lowest BCUT2D eigenvalue weighted by Crippen LogP contribution is -2.07. The van der Waals surface area contributed by atoms with Gasteiger partial charge in [0.05, 0.1) is 17.1 Å². The molecule has 0 saturated heterocycles. The summed E-state index contributed by atoms with van der Waals surface area (Å²) < 4.78 is 18.9. The van der Waals surface area contributed by atoms with Crippen LogP contribution in [-0.2, 0) is 6.42 Å². The van der Waals surface area contributed by atoms with Crippen molar-refractivity contribution in [2.75, 3.05) is 7.11 Å². The third kappa shape index (κ3) is 2.75. The molecule has 0 aliphatic carbocycles. The molecule has 2 aromatic carbocycles. The number of benzene rings is 2. The quantitative estimate of drug-likeness (QED) is 0.774. The maximum atomic E-state index is 13.5. The number of rotatable bonds is 4. The van der Waals surface area contributed by atoms with E-state index in [1.54, 1.807) is 6.07 Å². The summed E-state index contributed by atoms with van der Waals surface area (Å²) in [4.78, 5) is 12.6. The molecule has 2 nitrogen and oxygen atoms in total. The Morgan fingerprint density at radius 2 is 1.95 bits per heavy atom. The van der Waals surface area contributed by atoms with Crippen molar-refractivity contribution in [3.8, 4) is 5.75 Å². The topological polar surface area (TPSA) is 26.3 Å². The normalized spacial score (nSPS) is 10.4. The van der Waals surface area contributed by atoms with E-state index in [4.69, 9.17) is 4.74 Å². The molecule has 0 atom stereocenters. The summed E-state index contributed by atoms with van der Waals surface area (Å²) in [5.41, 5.74) is 1.92. The van der Waals surface area contributed by atoms with Crippen LogP contribution in [0.4, 0.5) is 4.39 Å². The third-order valence-corrected chi connectivity index (χ3v) is 3.74. The van der Waals surface area contributed by atoms with E-state index in [0.717, 1.165) is 12.0 Å². The van der Waals surface area contributed by atoms with Gasteiger partial charge in [-0.1, -0.05) is 31.2 Å². The number of aryl methyl sites for hydroxylation is 1. The van der Waals surface area contributed by atoms with Gasteiger partial charge < -0.3 is 4.74 Å². The van der Waals surface area contributed by atoms with Crippen LogP contribution in [0.25, 0.3) is 0 Å². The number of carbonyl (C=O) groups is 1. The molecular formula is C16H14BrFO2. The van der Waals surface area contributed by atoms with Crippen LogP contribution in [0.15, 0.2) is 40.9 Å². The fraction of sp³-hybridized carbons (Fsp3) is 0.188. The highest BCUT2D eigenvalue weighted by atomic mass is 79.9. The van der Waals surface area contributed by atoms with Crippen molar-refractivity contribution in [2.45, 2.75) is 13.3 Å². The predicted octanol–water partition coefficient (Wildman–Crippen LogP) is 4.39. The summed E-state index contributed by atoms with van der Waals surface area (Å²) >= 11 is 3.10. The Labute approximate surface area is 125 Å². The Bertz CT molecular complexity index is 653. The highest BCUT2D eigenvalue weighted by molar-refractivity contribution is 9.10. The van der Waals surface area contributed by atoms with Crippen molar-refractivity contribution in [3.05, 3.63) is 63.4 Å². The van der Waals surface area contributed by atoms with Crippen LogP contribution in [0.1, 0.15) is 28.4 Å². The van der Waals surface area contributed by atoms with Crippen molar-refractivity contribution >= 4 is 21.7 Å². The van der Waals surface area contributed by atoms with Crippen LogP contribution in [0.3, 0.4) is 0 Å². The lowest BCUT2D eigenvalue weighted by molar-refractivity contribution is 0.103. The van der Waals surface area contributed by atoms with Gasteiger partial charge in [-0.25, -0.2) is 4.39 Å². The number of hydrogen-bond acceptors (Lipinski definition) is 2. The molecule has 104 valence electrons. The van der Waals surface area contributed by atoms with E-state index in [2.05, 4.69) is 15.9 Å². The van der Waals surface area contributed by atoms with Crippen molar-refractivity contribution in [2.24, 2.45) is 0 Å². The first-order chi connectivity index (χ1) is 9.58. The molecule has 4 heteroatoms. The molecule has 0 aliphatic heterocycles. The van der Waals surface area contributed by atoms with Gasteiger partial charge in [-0.2, -0.15) is 0 Å². The fourth-order valence-electron chi connectivity index (χ4n) is 2.07. The lowest BCUT2D eigenvalue weighted by atomic mass is 9.96. The van der Waals surface area contributed by atoms with E-state index < -0.39 is 5.82 Å². The Morgan fingerprint density at radius 1 is 1.25 bits per heavy atom. The minimum Gasteiger partial charge on any atom is -0.496 e. The van der Waals surface area contributed by atoms with Crippen LogP contribution in [0.5, 0.6) is 5.75 Å². The minimum absolute atomic E-state index is 0.167. The van der Waals surface area contributed by atoms with E-state index in [9.17, 15) is 9.18 Å². The van der Waals surface area contributed by atoms with E-state index in [1.165, 1.54) is 19.2 Å². The number of halogens is 2. The first kappa shape index (κ1) is 14.7. The molecule has 0 spiro atoms. The Hall–Kier alpha value is -1.68. The molecular weight excluding hydrogens is 323 g/mol. The summed E-state index contributed by atoms with van der Waals surface area (Å²) in [5, 5.41) is 0. The minimum atomic E-state index is -0.456. The van der Waals surface area contributed by atoms with Gasteiger partial charge in [-0.3, -0.25) is 4.79 Å². The van der Waals surface area contributed by atoms with Crippen LogP contribution in [0, 0.1) is 5.82 Å². The summed E-state index contributed by atoms with van der Waals surface area (Å²) in [7, 11) is 1.42. The average molecular weight is 337 g/mol. The highest BCUT2D eigenvalue weighted by Crippen LogP contribution is 2.29. The molecule has 2 aromatic rings. The third-order valence-electron chi connectivity index (χ3n) is 3.13. The smallest absolute Gasteiger partial charge is 0.197 e. The summed E-state index contributed by atoms with van der Waals surface area (Å²) in [6, 6.07) is 10.1. The predicted molar refractivity (Wildman–Crippen MR) is 79.9 cm³/mol. The molecule has 0 heterocycles. The maximum absolute atomic E-state index is 13.5. The number of hydrogen-bond donors (Lipinski definition) is 0. The van der Waals surface area contributed by atoms with Gasteiger partial charge in [-0.05, 0) is 34.0 Å². The summed E-state index contributed by atoms with van der Waals surface area (Å²) in [6.07, 6.45) is 0.757. The van der Waals surface area contributed by atoms with Crippen molar-refractivity contribution in [1.82, 2.24) is 0 Å². The van der Waals surface area contributed by atoms with Gasteiger partial charge in [0.25, 0.3) is 0 Å². The Kier molecular flexibility index (Phi) is 4.55. The number of ketones is 1. The second kappa shape index (κ2) is 6.18. The van der Waals surface area contributed by atoms with Gasteiger partial charge >= 0.3 is 0 Å². The van der Waals surface area contributed by atoms with Crippen LogP contribution in [-0.4, -0.2) is 12.9 Å². The maximum Gasteiger partial charge on any atom is 0.197 e. The van der Waals surface area contributed by atoms with Gasteiger partial charge in [0.1, 0.15) is 11.6 Å². The molecule has 0 N–H and O–H groups in total. The van der Waals surface area contributed by atoms with Crippen LogP contribution >= 0.6 is 15.9 Å². The lowest BCUT2D eigenvalue weighted by Gasteiger charge is -2.11. The second-order valence-electron chi connectivity index (χ2n) is 4.31. The fourth-order valence-corrected chi connectivity index (χ4v) is 2.41. The van der Waals surface area contributed by atoms with Crippen LogP contribution in [0.2, 0.25) is 0 Å². The second-order valence-corrected chi connectivity index (χ2v) is 5.16. The largest absolute Gasteiger partial charge is 0.496 e. The Balaban J connectivity index is 2.56. The molecule has 0 amide bonds. The van der Waals surface area contributed by atoms with E-state index >= 15 is 0 Å². The number of carbonyl (C=O) groups excluding carboxylic acids is 1. The Morgan fingerprint density at radius 3 is 2.60 bits per heavy atom. The molecule has 0 bridgehead atoms. The molecule has 20 heavy (non-hydrogen) atoms. The number of methoxy groups -OCH3 is 1. The molecule has 2 rings (SSSR count). The molecule has 0 aliphatic rings. The standard InChI is InChI=1S/C16H14BrFO2/c1-3-10-6-4-5-7-11(10)16(19)12-8-13(17)14(18)9-15(12)20-2/h4-9H,3H2,1-2H3. The SMILES string of the molecule is CCc1ccccc1C(=O)c1cc(Br)c(F)cc1OC. The molecule has 0 unspecified atom stereocenters. The van der Waals surface area contributed by atoms with Crippen LogP contribution < -0.4 is 4.74 Å². The monoisotopic (exact) mass is 336 g/mol. The van der Waals surface area contributed by atoms with Crippen molar-refractivity contribution in [3.63, 3.8) is 0 Å². The van der Waals surface area contributed by atoms with Gasteiger partial charge in [0.2, 0.25) is 0 Å². The first-order valence-electron chi connectivity index (χ1n) is 6.24. The molecule has 0 saturated carbocycles. The summed E-state index contributed by atoms with van der Waals surface area (Å²) in [6.45, 7) is 1.99. The highest BCUT2D eigenvalue weighted by Gasteiger charge is 2.19. The molecule has 0 radical (unpaired) electrons. The van der Waals surface area contributed by atoms with Crippen molar-refractivity contribution < 1.29 is 13.9 Å². The van der Waals surface area contributed by atoms with E-state index in [-0.39, 0.29) is 16.0 Å². The van der Waals surface area contributed by atoms with Gasteiger partial charge in [-0.15, -0.1) is 0 Å². The number of ether oxygens (including phenoxy) is 1. The van der Waals surface area contributed by atoms with E-state index in [0.29, 0.717) is 11.1 Å². The average Bonchev–Trinajstić information content (AvgIpc) is 2.48. The molecule has 0 aromatic heterocycles. The zero-order valence-corrected chi connectivity index (χ0v) is 12.8. The zero-order valence-electron chi connectivity index (χ0n) is 11.2. The van der Waals surface area contributed by atoms with E-state index in [1.807, 2.05) is 25.1 Å². The summed E-state index contributed by atoms with van der Waals surface area (Å²) in [5.74, 6) is -0.385. The van der Waals surface area contributed by atoms with Gasteiger partial charge in [0, 0.05) is 11.6 Å². The van der Waals surface area contributed by atoms with Gasteiger partial charge in [0.15, 0.2) is 5.78 Å². The molecule has 0 fully saturated rings. The zero-order chi connectivity index (χ0) is 14.7.